The summed E-state index contributed by atoms with van der Waals surface area (Å²) in [7, 11) is 0. The van der Waals surface area contributed by atoms with Gasteiger partial charge in [-0.15, -0.1) is 0 Å². The minimum Gasteiger partial charge on any atom is -0.337 e. The number of rotatable bonds is 3. The van der Waals surface area contributed by atoms with Crippen LogP contribution in [0.15, 0.2) is 30.3 Å². The Bertz CT molecular complexity index is 693. The number of carbonyl (C=O) groups excluding carboxylic acids is 3. The average Bonchev–Trinajstić information content (AvgIpc) is 3.20. The Morgan fingerprint density at radius 2 is 1.92 bits per heavy atom. The number of hydrogen-bond acceptors (Lipinski definition) is 4. The summed E-state index contributed by atoms with van der Waals surface area (Å²) in [6, 6.07) is 9.16. The maximum Gasteiger partial charge on any atom is 0.324 e. The van der Waals surface area contributed by atoms with Gasteiger partial charge in [0, 0.05) is 19.6 Å². The van der Waals surface area contributed by atoms with Crippen molar-refractivity contribution in [3.05, 3.63) is 35.9 Å². The first-order chi connectivity index (χ1) is 12.1. The molecule has 132 valence electrons. The number of nitrogens with one attached hydrogen (secondary N) is 1. The number of amides is 4. The van der Waals surface area contributed by atoms with Crippen molar-refractivity contribution < 1.29 is 14.4 Å². The summed E-state index contributed by atoms with van der Waals surface area (Å²) in [4.78, 5) is 42.1. The van der Waals surface area contributed by atoms with Gasteiger partial charge in [-0.2, -0.15) is 0 Å². The van der Waals surface area contributed by atoms with E-state index in [9.17, 15) is 14.4 Å². The van der Waals surface area contributed by atoms with Gasteiger partial charge in [0.15, 0.2) is 0 Å². The van der Waals surface area contributed by atoms with E-state index in [0.29, 0.717) is 19.6 Å². The van der Waals surface area contributed by atoms with E-state index in [0.717, 1.165) is 25.9 Å². The predicted molar refractivity (Wildman–Crippen MR) is 90.5 cm³/mol. The molecule has 3 aliphatic rings. The molecule has 4 amide bonds. The van der Waals surface area contributed by atoms with Crippen LogP contribution >= 0.6 is 0 Å². The molecule has 3 fully saturated rings. The molecule has 7 nitrogen and oxygen atoms in total. The van der Waals surface area contributed by atoms with Crippen molar-refractivity contribution in [2.45, 2.75) is 31.5 Å². The third-order valence-corrected chi connectivity index (χ3v) is 5.36. The molecule has 1 aromatic rings. The summed E-state index contributed by atoms with van der Waals surface area (Å²) in [6.45, 7) is 2.88. The number of carbonyl (C=O) groups is 3. The lowest BCUT2D eigenvalue weighted by molar-refractivity contribution is -0.139. The third kappa shape index (κ3) is 3.00. The molecule has 0 bridgehead atoms. The molecule has 3 aliphatic heterocycles. The zero-order valence-corrected chi connectivity index (χ0v) is 14.1. The Balaban J connectivity index is 1.43. The molecule has 0 unspecified atom stereocenters. The Labute approximate surface area is 146 Å². The van der Waals surface area contributed by atoms with Crippen molar-refractivity contribution in [1.82, 2.24) is 20.0 Å². The molecule has 0 spiro atoms. The van der Waals surface area contributed by atoms with E-state index in [1.54, 1.807) is 4.90 Å². The number of imide groups is 1. The smallest absolute Gasteiger partial charge is 0.324 e. The number of fused-ring (bicyclic) bond motifs is 1. The first-order valence-electron chi connectivity index (χ1n) is 8.82. The van der Waals surface area contributed by atoms with Gasteiger partial charge < -0.3 is 9.80 Å². The van der Waals surface area contributed by atoms with Crippen LogP contribution < -0.4 is 5.32 Å². The molecule has 0 aliphatic carbocycles. The summed E-state index contributed by atoms with van der Waals surface area (Å²) < 4.78 is 0. The third-order valence-electron chi connectivity index (χ3n) is 5.36. The van der Waals surface area contributed by atoms with Crippen LogP contribution in [0.5, 0.6) is 0 Å². The van der Waals surface area contributed by atoms with Gasteiger partial charge in [0.25, 0.3) is 5.91 Å². The van der Waals surface area contributed by atoms with Crippen LogP contribution in [-0.4, -0.2) is 70.8 Å². The lowest BCUT2D eigenvalue weighted by Gasteiger charge is -2.38. The van der Waals surface area contributed by atoms with Gasteiger partial charge in [-0.3, -0.25) is 19.8 Å². The normalized spacial score (nSPS) is 26.7. The van der Waals surface area contributed by atoms with Gasteiger partial charge in [-0.1, -0.05) is 30.3 Å². The Morgan fingerprint density at radius 1 is 1.12 bits per heavy atom. The van der Waals surface area contributed by atoms with Crippen molar-refractivity contribution in [3.8, 4) is 0 Å². The number of likely N-dealkylation sites (tertiary alicyclic amines) is 1. The topological polar surface area (TPSA) is 73.0 Å². The Kier molecular flexibility index (Phi) is 4.17. The zero-order valence-electron chi connectivity index (χ0n) is 14.1. The fourth-order valence-corrected chi connectivity index (χ4v) is 4.03. The highest BCUT2D eigenvalue weighted by Crippen LogP contribution is 2.24. The molecule has 25 heavy (non-hydrogen) atoms. The number of piperazine rings is 1. The fraction of sp³-hybridized carbons (Fsp3) is 0.500. The van der Waals surface area contributed by atoms with E-state index in [4.69, 9.17) is 0 Å². The minimum atomic E-state index is -0.533. The highest BCUT2D eigenvalue weighted by molar-refractivity contribution is 6.04. The van der Waals surface area contributed by atoms with Gasteiger partial charge in [-0.25, -0.2) is 4.79 Å². The lowest BCUT2D eigenvalue weighted by Crippen LogP contribution is -2.57. The zero-order chi connectivity index (χ0) is 17.4. The van der Waals surface area contributed by atoms with Crippen molar-refractivity contribution in [2.24, 2.45) is 0 Å². The molecular weight excluding hydrogens is 320 g/mol. The van der Waals surface area contributed by atoms with Gasteiger partial charge in [0.05, 0.1) is 12.6 Å². The van der Waals surface area contributed by atoms with Crippen LogP contribution in [0.3, 0.4) is 0 Å². The first kappa shape index (κ1) is 16.1. The fourth-order valence-electron chi connectivity index (χ4n) is 4.03. The molecule has 4 rings (SSSR count). The van der Waals surface area contributed by atoms with Gasteiger partial charge in [0.2, 0.25) is 5.91 Å². The van der Waals surface area contributed by atoms with Gasteiger partial charge >= 0.3 is 6.03 Å². The Hall–Kier alpha value is -2.41. The molecule has 0 radical (unpaired) electrons. The molecule has 1 aromatic carbocycles. The second-order valence-corrected chi connectivity index (χ2v) is 6.90. The maximum atomic E-state index is 13.0. The number of benzene rings is 1. The van der Waals surface area contributed by atoms with E-state index < -0.39 is 6.04 Å². The average molecular weight is 342 g/mol. The van der Waals surface area contributed by atoms with Crippen LogP contribution in [0.4, 0.5) is 4.79 Å². The van der Waals surface area contributed by atoms with E-state index >= 15 is 0 Å². The van der Waals surface area contributed by atoms with Gasteiger partial charge in [-0.05, 0) is 24.9 Å². The summed E-state index contributed by atoms with van der Waals surface area (Å²) in [6.07, 6.45) is 1.85. The molecule has 2 atom stereocenters. The van der Waals surface area contributed by atoms with E-state index in [1.807, 2.05) is 18.2 Å². The molecule has 0 saturated carbocycles. The summed E-state index contributed by atoms with van der Waals surface area (Å²) in [5.41, 5.74) is 1.20. The van der Waals surface area contributed by atoms with Crippen LogP contribution in [0, 0.1) is 0 Å². The molecule has 3 heterocycles. The van der Waals surface area contributed by atoms with Crippen molar-refractivity contribution >= 4 is 17.8 Å². The van der Waals surface area contributed by atoms with Crippen molar-refractivity contribution in [1.29, 1.82) is 0 Å². The first-order valence-corrected chi connectivity index (χ1v) is 8.82. The maximum absolute atomic E-state index is 13.0. The molecule has 3 saturated heterocycles. The largest absolute Gasteiger partial charge is 0.337 e. The van der Waals surface area contributed by atoms with Crippen LogP contribution in [0.1, 0.15) is 18.4 Å². The monoisotopic (exact) mass is 342 g/mol. The highest BCUT2D eigenvalue weighted by Gasteiger charge is 2.44. The standard InChI is InChI=1S/C18H22N4O3/c23-16-15-12-21(9-10-22(15)18(25)19-16)17(24)14-7-4-8-20(14)11-13-5-2-1-3-6-13/h1-3,5-6,14-15H,4,7-12H2,(H,19,23,25)/t14-,15+/m0/s1. The van der Waals surface area contributed by atoms with Crippen LogP contribution in [-0.2, 0) is 16.1 Å². The van der Waals surface area contributed by atoms with Crippen molar-refractivity contribution in [2.75, 3.05) is 26.2 Å². The summed E-state index contributed by atoms with van der Waals surface area (Å²) in [5.74, 6) is -0.213. The van der Waals surface area contributed by atoms with Gasteiger partial charge in [0.1, 0.15) is 6.04 Å². The summed E-state index contributed by atoms with van der Waals surface area (Å²) >= 11 is 0. The molecule has 0 aromatic heterocycles. The SMILES string of the molecule is O=C1NC(=O)N2CCN(C(=O)[C@@H]3CCCN3Cc3ccccc3)C[C@H]12. The predicted octanol–water partition coefficient (Wildman–Crippen LogP) is 0.414. The number of urea groups is 1. The quantitative estimate of drug-likeness (QED) is 0.808. The molecule has 7 heteroatoms. The molecule has 1 N–H and O–H groups in total. The Morgan fingerprint density at radius 3 is 2.72 bits per heavy atom. The van der Waals surface area contributed by atoms with Crippen LogP contribution in [0.25, 0.3) is 0 Å². The van der Waals surface area contributed by atoms with Crippen molar-refractivity contribution in [3.63, 3.8) is 0 Å². The van der Waals surface area contributed by atoms with E-state index in [2.05, 4.69) is 22.3 Å². The summed E-state index contributed by atoms with van der Waals surface area (Å²) in [5, 5.41) is 2.33. The van der Waals surface area contributed by atoms with Crippen LogP contribution in [0.2, 0.25) is 0 Å². The molecular formula is C18H22N4O3. The van der Waals surface area contributed by atoms with E-state index in [-0.39, 0.29) is 23.9 Å². The minimum absolute atomic E-state index is 0.0835. The number of nitrogens with zero attached hydrogens (tertiary/aromatic N) is 3. The second-order valence-electron chi connectivity index (χ2n) is 6.90. The lowest BCUT2D eigenvalue weighted by atomic mass is 10.1. The second kappa shape index (κ2) is 6.48. The van der Waals surface area contributed by atoms with E-state index in [1.165, 1.54) is 10.5 Å². The number of hydrogen-bond donors (Lipinski definition) is 1. The highest BCUT2D eigenvalue weighted by atomic mass is 16.2.